The topological polar surface area (TPSA) is 68.7 Å². The van der Waals surface area contributed by atoms with E-state index in [4.69, 9.17) is 14.6 Å². The molecule has 1 heterocycles. The molecule has 0 aliphatic carbocycles. The van der Waals surface area contributed by atoms with E-state index in [-0.39, 0.29) is 35.6 Å². The Bertz CT molecular complexity index is 1000. The standard InChI is InChI=1S/C21H18F3NO4/c1-28-12-14(11-19(26)27)13-5-7-15(8-6-13)29-18-9-10-25-20-16(18)3-2-4-17(20)21(22,23)24/h2-10,14H,11-12H2,1H3,(H,26,27). The lowest BCUT2D eigenvalue weighted by Gasteiger charge is -2.15. The molecule has 152 valence electrons. The Morgan fingerprint density at radius 3 is 2.48 bits per heavy atom. The minimum atomic E-state index is -4.52. The zero-order chi connectivity index (χ0) is 21.0. The van der Waals surface area contributed by atoms with Crippen LogP contribution in [0.15, 0.2) is 54.7 Å². The number of aromatic nitrogens is 1. The molecule has 1 atom stereocenters. The van der Waals surface area contributed by atoms with Gasteiger partial charge < -0.3 is 14.6 Å². The van der Waals surface area contributed by atoms with Crippen molar-refractivity contribution < 1.29 is 32.5 Å². The van der Waals surface area contributed by atoms with E-state index in [1.165, 1.54) is 31.5 Å². The summed E-state index contributed by atoms with van der Waals surface area (Å²) < 4.78 is 50.5. The van der Waals surface area contributed by atoms with Crippen molar-refractivity contribution in [2.45, 2.75) is 18.5 Å². The molecule has 1 unspecified atom stereocenters. The van der Waals surface area contributed by atoms with Crippen molar-refractivity contribution in [3.63, 3.8) is 0 Å². The van der Waals surface area contributed by atoms with Gasteiger partial charge in [0.25, 0.3) is 0 Å². The maximum absolute atomic E-state index is 13.2. The number of fused-ring (bicyclic) bond motifs is 1. The number of alkyl halides is 3. The van der Waals surface area contributed by atoms with Crippen LogP contribution in [0, 0.1) is 0 Å². The third-order valence-corrected chi connectivity index (χ3v) is 4.40. The van der Waals surface area contributed by atoms with E-state index >= 15 is 0 Å². The quantitative estimate of drug-likeness (QED) is 0.581. The van der Waals surface area contributed by atoms with E-state index in [1.54, 1.807) is 24.3 Å². The van der Waals surface area contributed by atoms with Gasteiger partial charge in [-0.15, -0.1) is 0 Å². The number of pyridine rings is 1. The summed E-state index contributed by atoms with van der Waals surface area (Å²) >= 11 is 0. The Balaban J connectivity index is 1.89. The molecular weight excluding hydrogens is 387 g/mol. The average molecular weight is 405 g/mol. The molecule has 3 aromatic rings. The number of nitrogens with zero attached hydrogens (tertiary/aromatic N) is 1. The van der Waals surface area contributed by atoms with E-state index in [1.807, 2.05) is 0 Å². The van der Waals surface area contributed by atoms with Crippen LogP contribution in [0.3, 0.4) is 0 Å². The summed E-state index contributed by atoms with van der Waals surface area (Å²) in [6.45, 7) is 0.252. The molecule has 0 saturated heterocycles. The summed E-state index contributed by atoms with van der Waals surface area (Å²) in [4.78, 5) is 14.9. The molecule has 0 amide bonds. The number of aliphatic carboxylic acids is 1. The predicted molar refractivity (Wildman–Crippen MR) is 100 cm³/mol. The molecule has 0 aliphatic rings. The van der Waals surface area contributed by atoms with Crippen molar-refractivity contribution in [3.05, 3.63) is 65.9 Å². The van der Waals surface area contributed by atoms with E-state index < -0.39 is 17.7 Å². The van der Waals surface area contributed by atoms with Gasteiger partial charge in [-0.25, -0.2) is 0 Å². The first-order valence-electron chi connectivity index (χ1n) is 8.73. The molecule has 5 nitrogen and oxygen atoms in total. The molecule has 1 aromatic heterocycles. The molecule has 0 saturated carbocycles. The van der Waals surface area contributed by atoms with E-state index in [0.717, 1.165) is 11.6 Å². The van der Waals surface area contributed by atoms with Crippen LogP contribution < -0.4 is 4.74 Å². The van der Waals surface area contributed by atoms with Crippen LogP contribution in [-0.2, 0) is 15.7 Å². The third kappa shape index (κ3) is 4.83. The zero-order valence-corrected chi connectivity index (χ0v) is 15.4. The van der Waals surface area contributed by atoms with Gasteiger partial charge in [-0.1, -0.05) is 18.2 Å². The lowest BCUT2D eigenvalue weighted by molar-refractivity contribution is -0.138. The van der Waals surface area contributed by atoms with Crippen LogP contribution in [0.5, 0.6) is 11.5 Å². The molecule has 0 spiro atoms. The van der Waals surface area contributed by atoms with Gasteiger partial charge in [0, 0.05) is 24.6 Å². The van der Waals surface area contributed by atoms with Crippen LogP contribution >= 0.6 is 0 Å². The van der Waals surface area contributed by atoms with E-state index in [0.29, 0.717) is 5.75 Å². The fraction of sp³-hybridized carbons (Fsp3) is 0.238. The Morgan fingerprint density at radius 2 is 1.86 bits per heavy atom. The summed E-state index contributed by atoms with van der Waals surface area (Å²) in [5.41, 5.74) is -0.247. The molecule has 29 heavy (non-hydrogen) atoms. The number of carboxylic acid groups (broad SMARTS) is 1. The van der Waals surface area contributed by atoms with E-state index in [9.17, 15) is 18.0 Å². The summed E-state index contributed by atoms with van der Waals surface area (Å²) in [6.07, 6.45) is -3.33. The molecule has 0 fully saturated rings. The van der Waals surface area contributed by atoms with Gasteiger partial charge in [0.2, 0.25) is 0 Å². The Morgan fingerprint density at radius 1 is 1.14 bits per heavy atom. The second kappa shape index (κ2) is 8.48. The second-order valence-corrected chi connectivity index (χ2v) is 6.43. The average Bonchev–Trinajstić information content (AvgIpc) is 2.67. The third-order valence-electron chi connectivity index (χ3n) is 4.40. The van der Waals surface area contributed by atoms with Crippen molar-refractivity contribution in [1.29, 1.82) is 0 Å². The van der Waals surface area contributed by atoms with Crippen molar-refractivity contribution in [2.75, 3.05) is 13.7 Å². The van der Waals surface area contributed by atoms with Crippen LogP contribution in [-0.4, -0.2) is 29.8 Å². The SMILES string of the molecule is COCC(CC(=O)O)c1ccc(Oc2ccnc3c(C(F)(F)F)cccc23)cc1. The fourth-order valence-corrected chi connectivity index (χ4v) is 3.09. The number of carbonyl (C=O) groups is 1. The van der Waals surface area contributed by atoms with Crippen molar-refractivity contribution >= 4 is 16.9 Å². The smallest absolute Gasteiger partial charge is 0.418 e. The van der Waals surface area contributed by atoms with Gasteiger partial charge in [-0.05, 0) is 35.9 Å². The second-order valence-electron chi connectivity index (χ2n) is 6.43. The molecule has 1 N–H and O–H groups in total. The minimum Gasteiger partial charge on any atom is -0.481 e. The van der Waals surface area contributed by atoms with Crippen LogP contribution in [0.2, 0.25) is 0 Å². The fourth-order valence-electron chi connectivity index (χ4n) is 3.09. The number of methoxy groups -OCH3 is 1. The monoisotopic (exact) mass is 405 g/mol. The first-order chi connectivity index (χ1) is 13.8. The highest BCUT2D eigenvalue weighted by Crippen LogP contribution is 2.37. The van der Waals surface area contributed by atoms with Crippen LogP contribution in [0.25, 0.3) is 10.9 Å². The Kier molecular flexibility index (Phi) is 6.03. The van der Waals surface area contributed by atoms with Gasteiger partial charge >= 0.3 is 12.1 Å². The Hall–Kier alpha value is -3.13. The van der Waals surface area contributed by atoms with Crippen LogP contribution in [0.1, 0.15) is 23.5 Å². The Labute approximate surface area is 164 Å². The van der Waals surface area contributed by atoms with Crippen molar-refractivity contribution in [1.82, 2.24) is 4.98 Å². The maximum Gasteiger partial charge on any atom is 0.418 e. The molecule has 0 aliphatic heterocycles. The summed E-state index contributed by atoms with van der Waals surface area (Å²) in [5.74, 6) is -0.600. The first-order valence-corrected chi connectivity index (χ1v) is 8.73. The number of para-hydroxylation sites is 1. The normalized spacial score (nSPS) is 12.7. The highest BCUT2D eigenvalue weighted by atomic mass is 19.4. The number of rotatable bonds is 7. The van der Waals surface area contributed by atoms with Crippen molar-refractivity contribution in [2.24, 2.45) is 0 Å². The van der Waals surface area contributed by atoms with Gasteiger partial charge in [-0.2, -0.15) is 13.2 Å². The summed E-state index contributed by atoms with van der Waals surface area (Å²) in [5, 5.41) is 9.28. The molecule has 8 heteroatoms. The zero-order valence-electron chi connectivity index (χ0n) is 15.4. The lowest BCUT2D eigenvalue weighted by atomic mass is 9.96. The molecule has 0 bridgehead atoms. The molecule has 2 aromatic carbocycles. The highest BCUT2D eigenvalue weighted by Gasteiger charge is 2.33. The largest absolute Gasteiger partial charge is 0.481 e. The lowest BCUT2D eigenvalue weighted by Crippen LogP contribution is -2.11. The number of hydrogen-bond donors (Lipinski definition) is 1. The number of ether oxygens (including phenoxy) is 2. The van der Waals surface area contributed by atoms with Gasteiger partial charge in [0.05, 0.1) is 24.1 Å². The molecule has 0 radical (unpaired) electrons. The minimum absolute atomic E-state index is 0.0801. The summed E-state index contributed by atoms with van der Waals surface area (Å²) in [7, 11) is 1.50. The van der Waals surface area contributed by atoms with Gasteiger partial charge in [-0.3, -0.25) is 9.78 Å². The number of halogens is 3. The maximum atomic E-state index is 13.2. The van der Waals surface area contributed by atoms with Gasteiger partial charge in [0.15, 0.2) is 0 Å². The number of hydrogen-bond acceptors (Lipinski definition) is 4. The van der Waals surface area contributed by atoms with Gasteiger partial charge in [0.1, 0.15) is 11.5 Å². The number of carboxylic acids is 1. The van der Waals surface area contributed by atoms with E-state index in [2.05, 4.69) is 4.98 Å². The molecule has 3 rings (SSSR count). The van der Waals surface area contributed by atoms with Crippen LogP contribution in [0.4, 0.5) is 13.2 Å². The highest BCUT2D eigenvalue weighted by molar-refractivity contribution is 5.88. The van der Waals surface area contributed by atoms with Crippen molar-refractivity contribution in [3.8, 4) is 11.5 Å². The first kappa shape index (κ1) is 20.6. The summed E-state index contributed by atoms with van der Waals surface area (Å²) in [6, 6.07) is 12.0. The predicted octanol–water partition coefficient (Wildman–Crippen LogP) is 5.25. The molecular formula is C21H18F3NO4. The number of benzene rings is 2.